The Kier molecular flexibility index (Phi) is 5.48. The van der Waals surface area contributed by atoms with Crippen LogP contribution in [0.4, 0.5) is 10.1 Å². The molecule has 0 bridgehead atoms. The van der Waals surface area contributed by atoms with E-state index in [1.54, 1.807) is 36.4 Å². The van der Waals surface area contributed by atoms with Crippen molar-refractivity contribution in [2.24, 2.45) is 0 Å². The van der Waals surface area contributed by atoms with Crippen molar-refractivity contribution in [3.63, 3.8) is 0 Å². The third-order valence-electron chi connectivity index (χ3n) is 6.06. The highest BCUT2D eigenvalue weighted by atomic mass is 19.1. The molecule has 1 aliphatic rings. The summed E-state index contributed by atoms with van der Waals surface area (Å²) in [7, 11) is 1.38. The number of halogens is 1. The summed E-state index contributed by atoms with van der Waals surface area (Å²) >= 11 is 0. The molecule has 1 unspecified atom stereocenters. The molecule has 1 aliphatic heterocycles. The van der Waals surface area contributed by atoms with Crippen molar-refractivity contribution in [2.75, 3.05) is 13.7 Å². The van der Waals surface area contributed by atoms with Crippen LogP contribution >= 0.6 is 0 Å². The number of ether oxygens (including phenoxy) is 1. The van der Waals surface area contributed by atoms with Crippen LogP contribution in [0, 0.1) is 12.4 Å². The van der Waals surface area contributed by atoms with Gasteiger partial charge in [0.15, 0.2) is 17.3 Å². The smallest absolute Gasteiger partial charge is 0.264 e. The molecule has 0 radical (unpaired) electrons. The molecule has 0 amide bonds. The molecule has 1 fully saturated rings. The molecule has 2 heterocycles. The van der Waals surface area contributed by atoms with Gasteiger partial charge in [0.2, 0.25) is 0 Å². The number of methoxy groups -OCH3 is 1. The Labute approximate surface area is 194 Å². The summed E-state index contributed by atoms with van der Waals surface area (Å²) in [6.07, 6.45) is 1.71. The maximum atomic E-state index is 14.6. The van der Waals surface area contributed by atoms with E-state index in [0.29, 0.717) is 22.6 Å². The van der Waals surface area contributed by atoms with Gasteiger partial charge in [0.05, 0.1) is 36.3 Å². The van der Waals surface area contributed by atoms with Crippen molar-refractivity contribution < 1.29 is 14.2 Å². The number of nitrogens with one attached hydrogen (secondary N) is 1. The number of nitrogens with zero attached hydrogens (tertiary/aromatic N) is 3. The van der Waals surface area contributed by atoms with E-state index in [4.69, 9.17) is 16.3 Å². The van der Waals surface area contributed by atoms with Gasteiger partial charge < -0.3 is 15.2 Å². The molecule has 170 valence electrons. The lowest BCUT2D eigenvalue weighted by molar-refractivity contribution is 0.386. The van der Waals surface area contributed by atoms with E-state index in [-0.39, 0.29) is 34.2 Å². The van der Waals surface area contributed by atoms with Crippen LogP contribution < -0.4 is 15.6 Å². The number of hydrogen-bond donors (Lipinski definition) is 2. The second-order valence-electron chi connectivity index (χ2n) is 8.13. The van der Waals surface area contributed by atoms with Gasteiger partial charge in [-0.1, -0.05) is 12.1 Å². The molecule has 1 aromatic heterocycles. The second-order valence-corrected chi connectivity index (χ2v) is 8.13. The largest absolute Gasteiger partial charge is 0.508 e. The minimum atomic E-state index is -0.586. The van der Waals surface area contributed by atoms with E-state index in [2.05, 4.69) is 10.2 Å². The lowest BCUT2D eigenvalue weighted by atomic mass is 10.0. The van der Waals surface area contributed by atoms with Crippen molar-refractivity contribution in [3.05, 3.63) is 88.0 Å². The quantitative estimate of drug-likeness (QED) is 0.428. The fourth-order valence-corrected chi connectivity index (χ4v) is 4.40. The predicted molar refractivity (Wildman–Crippen MR) is 127 cm³/mol. The van der Waals surface area contributed by atoms with Gasteiger partial charge in [-0.2, -0.15) is 0 Å². The molecule has 0 aliphatic carbocycles. The predicted octanol–water partition coefficient (Wildman–Crippen LogP) is 4.88. The Bertz CT molecular complexity index is 1500. The SMILES string of the molecule is [C-]#[N+]c1cc(-c2ccc(O)cc2)c2nc(C3CCCN3)n(-c3ccc(OC)c(F)c3)c(=O)c2c1. The average Bonchev–Trinajstić information content (AvgIpc) is 3.39. The third-order valence-corrected chi connectivity index (χ3v) is 6.06. The highest BCUT2D eigenvalue weighted by Gasteiger charge is 2.25. The molecule has 5 rings (SSSR count). The summed E-state index contributed by atoms with van der Waals surface area (Å²) in [5.41, 5.74) is 2.03. The summed E-state index contributed by atoms with van der Waals surface area (Å²) < 4.78 is 21.0. The van der Waals surface area contributed by atoms with Crippen molar-refractivity contribution in [3.8, 4) is 28.3 Å². The van der Waals surface area contributed by atoms with E-state index < -0.39 is 5.82 Å². The number of aromatic nitrogens is 2. The van der Waals surface area contributed by atoms with Crippen LogP contribution in [0.3, 0.4) is 0 Å². The van der Waals surface area contributed by atoms with Crippen LogP contribution in [0.5, 0.6) is 11.5 Å². The molecular weight excluding hydrogens is 435 g/mol. The highest BCUT2D eigenvalue weighted by molar-refractivity contribution is 5.96. The molecule has 3 aromatic carbocycles. The van der Waals surface area contributed by atoms with Gasteiger partial charge in [-0.3, -0.25) is 9.36 Å². The number of rotatable bonds is 4. The first kappa shape index (κ1) is 21.6. The van der Waals surface area contributed by atoms with Crippen LogP contribution in [-0.4, -0.2) is 28.3 Å². The Hall–Kier alpha value is -4.22. The fourth-order valence-electron chi connectivity index (χ4n) is 4.40. The topological polar surface area (TPSA) is 80.7 Å². The number of fused-ring (bicyclic) bond motifs is 1. The molecule has 2 N–H and O–H groups in total. The van der Waals surface area contributed by atoms with E-state index in [1.807, 2.05) is 0 Å². The Morgan fingerprint density at radius 1 is 1.21 bits per heavy atom. The highest BCUT2D eigenvalue weighted by Crippen LogP contribution is 2.34. The first-order valence-corrected chi connectivity index (χ1v) is 10.8. The minimum absolute atomic E-state index is 0.0796. The van der Waals surface area contributed by atoms with Crippen molar-refractivity contribution in [1.29, 1.82) is 0 Å². The molecule has 8 heteroatoms. The van der Waals surface area contributed by atoms with Gasteiger partial charge in [0, 0.05) is 6.07 Å². The maximum absolute atomic E-state index is 14.6. The molecule has 0 spiro atoms. The Morgan fingerprint density at radius 3 is 2.65 bits per heavy atom. The van der Waals surface area contributed by atoms with Crippen molar-refractivity contribution in [2.45, 2.75) is 18.9 Å². The summed E-state index contributed by atoms with van der Waals surface area (Å²) in [5.74, 6) is 0.0882. The number of aromatic hydroxyl groups is 1. The number of phenolic OH excluding ortho intramolecular Hbond substituents is 1. The first-order valence-electron chi connectivity index (χ1n) is 10.8. The summed E-state index contributed by atoms with van der Waals surface area (Å²) in [4.78, 5) is 22.3. The molecule has 34 heavy (non-hydrogen) atoms. The summed E-state index contributed by atoms with van der Waals surface area (Å²) in [6, 6.07) is 13.9. The molecular formula is C26H21FN4O3. The zero-order valence-corrected chi connectivity index (χ0v) is 18.4. The average molecular weight is 456 g/mol. The monoisotopic (exact) mass is 456 g/mol. The van der Waals surface area contributed by atoms with Crippen LogP contribution in [0.1, 0.15) is 24.7 Å². The van der Waals surface area contributed by atoms with Crippen molar-refractivity contribution >= 4 is 16.6 Å². The zero-order valence-electron chi connectivity index (χ0n) is 18.4. The first-order chi connectivity index (χ1) is 16.5. The van der Waals surface area contributed by atoms with Crippen LogP contribution in [0.15, 0.2) is 59.4 Å². The van der Waals surface area contributed by atoms with E-state index in [0.717, 1.165) is 24.9 Å². The summed E-state index contributed by atoms with van der Waals surface area (Å²) in [6.45, 7) is 8.32. The van der Waals surface area contributed by atoms with Crippen molar-refractivity contribution in [1.82, 2.24) is 14.9 Å². The minimum Gasteiger partial charge on any atom is -0.508 e. The van der Waals surface area contributed by atoms with Crippen LogP contribution in [0.2, 0.25) is 0 Å². The number of phenols is 1. The summed E-state index contributed by atoms with van der Waals surface area (Å²) in [5, 5.41) is 13.3. The van der Waals surface area contributed by atoms with Gasteiger partial charge in [-0.25, -0.2) is 14.2 Å². The van der Waals surface area contributed by atoms with Crippen LogP contribution in [-0.2, 0) is 0 Å². The Balaban J connectivity index is 1.85. The number of hydrogen-bond acceptors (Lipinski definition) is 5. The molecule has 4 aromatic rings. The van der Waals surface area contributed by atoms with Gasteiger partial charge in [-0.15, -0.1) is 0 Å². The fraction of sp³-hybridized carbons (Fsp3) is 0.192. The van der Waals surface area contributed by atoms with Gasteiger partial charge in [0.1, 0.15) is 11.6 Å². The van der Waals surface area contributed by atoms with Crippen LogP contribution in [0.25, 0.3) is 32.6 Å². The number of benzene rings is 3. The third kappa shape index (κ3) is 3.66. The Morgan fingerprint density at radius 2 is 2.00 bits per heavy atom. The normalized spacial score (nSPS) is 15.4. The van der Waals surface area contributed by atoms with Gasteiger partial charge >= 0.3 is 0 Å². The van der Waals surface area contributed by atoms with Gasteiger partial charge in [-0.05, 0) is 66.9 Å². The molecule has 7 nitrogen and oxygen atoms in total. The standard InChI is InChI=1S/C26H21FN4O3/c1-28-16-12-19(15-5-8-18(32)9-6-15)24-20(13-16)26(33)31(25(30-24)22-4-3-11-29-22)17-7-10-23(34-2)21(27)14-17/h5-10,12-14,22,29,32H,3-4,11H2,2H3. The van der Waals surface area contributed by atoms with Gasteiger partial charge in [0.25, 0.3) is 5.56 Å². The lowest BCUT2D eigenvalue weighted by Crippen LogP contribution is -2.29. The maximum Gasteiger partial charge on any atom is 0.264 e. The lowest BCUT2D eigenvalue weighted by Gasteiger charge is -2.20. The molecule has 1 atom stereocenters. The van der Waals surface area contributed by atoms with E-state index in [1.165, 1.54) is 29.9 Å². The van der Waals surface area contributed by atoms with E-state index >= 15 is 0 Å². The molecule has 0 saturated carbocycles. The van der Waals surface area contributed by atoms with E-state index in [9.17, 15) is 14.3 Å². The molecule has 1 saturated heterocycles. The zero-order chi connectivity index (χ0) is 23.8. The second kappa shape index (κ2) is 8.61.